The summed E-state index contributed by atoms with van der Waals surface area (Å²) in [6.45, 7) is 2.71. The molecule has 132 valence electrons. The number of aryl methyl sites for hydroxylation is 1. The lowest BCUT2D eigenvalue weighted by molar-refractivity contribution is -0.385. The van der Waals surface area contributed by atoms with Crippen molar-refractivity contribution in [1.82, 2.24) is 0 Å². The fourth-order valence-corrected chi connectivity index (χ4v) is 3.81. The lowest BCUT2D eigenvalue weighted by atomic mass is 10.2. The molecule has 0 saturated carbocycles. The minimum absolute atomic E-state index is 0.143. The third-order valence-electron chi connectivity index (χ3n) is 3.22. The van der Waals surface area contributed by atoms with Gasteiger partial charge in [0.25, 0.3) is 15.7 Å². The van der Waals surface area contributed by atoms with E-state index in [0.717, 1.165) is 12.1 Å². The fourth-order valence-electron chi connectivity index (χ4n) is 2.12. The maximum absolute atomic E-state index is 12.6. The van der Waals surface area contributed by atoms with Crippen LogP contribution in [0.2, 0.25) is 5.02 Å². The van der Waals surface area contributed by atoms with E-state index in [1.807, 2.05) is 0 Å². The molecule has 25 heavy (non-hydrogen) atoms. The van der Waals surface area contributed by atoms with Gasteiger partial charge in [-0.05, 0) is 25.1 Å². The minimum Gasteiger partial charge on any atom is -0.325 e. The SMILES string of the molecule is CC(=O)Nc1ccccc1NS(=O)(=O)c1cc(C)c([N+](=O)[O-])cc1Cl. The number of nitrogens with zero attached hydrogens (tertiary/aromatic N) is 1. The molecule has 0 atom stereocenters. The molecule has 0 aliphatic carbocycles. The maximum atomic E-state index is 12.6. The van der Waals surface area contributed by atoms with Crippen molar-refractivity contribution < 1.29 is 18.1 Å². The van der Waals surface area contributed by atoms with Crippen LogP contribution in [0.4, 0.5) is 17.1 Å². The van der Waals surface area contributed by atoms with Crippen molar-refractivity contribution in [2.45, 2.75) is 18.7 Å². The summed E-state index contributed by atoms with van der Waals surface area (Å²) in [7, 11) is -4.12. The number of nitrogens with one attached hydrogen (secondary N) is 2. The smallest absolute Gasteiger partial charge is 0.273 e. The summed E-state index contributed by atoms with van der Waals surface area (Å²) in [4.78, 5) is 21.2. The van der Waals surface area contributed by atoms with E-state index in [1.165, 1.54) is 26.0 Å². The zero-order chi connectivity index (χ0) is 18.8. The van der Waals surface area contributed by atoms with E-state index < -0.39 is 14.9 Å². The zero-order valence-corrected chi connectivity index (χ0v) is 14.8. The number of benzene rings is 2. The van der Waals surface area contributed by atoms with Crippen molar-refractivity contribution in [2.75, 3.05) is 10.0 Å². The average Bonchev–Trinajstić information content (AvgIpc) is 2.50. The van der Waals surface area contributed by atoms with Crippen LogP contribution in [0, 0.1) is 17.0 Å². The van der Waals surface area contributed by atoms with Crippen molar-refractivity contribution in [2.24, 2.45) is 0 Å². The summed E-state index contributed by atoms with van der Waals surface area (Å²) in [5, 5.41) is 13.1. The molecule has 0 aliphatic heterocycles. The fraction of sp³-hybridized carbons (Fsp3) is 0.133. The van der Waals surface area contributed by atoms with Gasteiger partial charge in [-0.25, -0.2) is 8.42 Å². The second-order valence-corrected chi connectivity index (χ2v) is 7.22. The Morgan fingerprint density at radius 1 is 1.20 bits per heavy atom. The van der Waals surface area contributed by atoms with E-state index in [-0.39, 0.29) is 38.5 Å². The van der Waals surface area contributed by atoms with Gasteiger partial charge in [0, 0.05) is 18.6 Å². The quantitative estimate of drug-likeness (QED) is 0.606. The van der Waals surface area contributed by atoms with Crippen LogP contribution in [-0.2, 0) is 14.8 Å². The summed E-state index contributed by atoms with van der Waals surface area (Å²) in [6, 6.07) is 8.34. The van der Waals surface area contributed by atoms with Crippen LogP contribution in [0.3, 0.4) is 0 Å². The van der Waals surface area contributed by atoms with Crippen molar-refractivity contribution >= 4 is 44.6 Å². The molecular weight excluding hydrogens is 370 g/mol. The van der Waals surface area contributed by atoms with Crippen LogP contribution in [-0.4, -0.2) is 19.2 Å². The number of para-hydroxylation sites is 2. The maximum Gasteiger partial charge on any atom is 0.273 e. The summed E-state index contributed by atoms with van der Waals surface area (Å²) < 4.78 is 27.6. The van der Waals surface area contributed by atoms with Crippen LogP contribution < -0.4 is 10.0 Å². The Hall–Kier alpha value is -2.65. The number of hydrogen-bond donors (Lipinski definition) is 2. The predicted molar refractivity (Wildman–Crippen MR) is 94.4 cm³/mol. The molecule has 2 aromatic rings. The normalized spacial score (nSPS) is 11.0. The number of nitro benzene ring substituents is 1. The highest BCUT2D eigenvalue weighted by Crippen LogP contribution is 2.32. The van der Waals surface area contributed by atoms with Gasteiger partial charge in [0.15, 0.2) is 0 Å². The number of hydrogen-bond acceptors (Lipinski definition) is 5. The third-order valence-corrected chi connectivity index (χ3v) is 5.05. The van der Waals surface area contributed by atoms with E-state index in [9.17, 15) is 23.3 Å². The average molecular weight is 384 g/mol. The van der Waals surface area contributed by atoms with Gasteiger partial charge < -0.3 is 5.32 Å². The number of anilines is 2. The first-order valence-corrected chi connectivity index (χ1v) is 8.82. The first-order chi connectivity index (χ1) is 11.6. The molecule has 0 spiro atoms. The number of nitro groups is 1. The van der Waals surface area contributed by atoms with Gasteiger partial charge in [-0.15, -0.1) is 0 Å². The molecular formula is C15H14ClN3O5S. The van der Waals surface area contributed by atoms with E-state index in [4.69, 9.17) is 11.6 Å². The highest BCUT2D eigenvalue weighted by Gasteiger charge is 2.24. The Labute approximate surface area is 149 Å². The van der Waals surface area contributed by atoms with Gasteiger partial charge in [-0.3, -0.25) is 19.6 Å². The van der Waals surface area contributed by atoms with Crippen LogP contribution in [0.15, 0.2) is 41.3 Å². The highest BCUT2D eigenvalue weighted by atomic mass is 35.5. The van der Waals surface area contributed by atoms with E-state index in [1.54, 1.807) is 12.1 Å². The van der Waals surface area contributed by atoms with Crippen LogP contribution in [0.5, 0.6) is 0 Å². The molecule has 2 rings (SSSR count). The Bertz CT molecular complexity index is 960. The monoisotopic (exact) mass is 383 g/mol. The summed E-state index contributed by atoms with van der Waals surface area (Å²) in [6.07, 6.45) is 0. The molecule has 2 aromatic carbocycles. The number of carbonyl (C=O) groups excluding carboxylic acids is 1. The second kappa shape index (κ2) is 7.08. The van der Waals surface area contributed by atoms with E-state index in [2.05, 4.69) is 10.0 Å². The molecule has 0 fully saturated rings. The van der Waals surface area contributed by atoms with Crippen LogP contribution in [0.25, 0.3) is 0 Å². The number of rotatable bonds is 5. The predicted octanol–water partition coefficient (Wildman–Crippen LogP) is 3.32. The molecule has 0 bridgehead atoms. The lowest BCUT2D eigenvalue weighted by Gasteiger charge is -2.14. The van der Waals surface area contributed by atoms with Crippen molar-refractivity contribution in [3.8, 4) is 0 Å². The molecule has 0 saturated heterocycles. The Balaban J connectivity index is 2.46. The number of halogens is 1. The Kier molecular flexibility index (Phi) is 5.29. The largest absolute Gasteiger partial charge is 0.325 e. The molecule has 0 aromatic heterocycles. The number of amides is 1. The van der Waals surface area contributed by atoms with Crippen LogP contribution in [0.1, 0.15) is 12.5 Å². The van der Waals surface area contributed by atoms with Crippen LogP contribution >= 0.6 is 11.6 Å². The van der Waals surface area contributed by atoms with Crippen molar-refractivity contribution in [1.29, 1.82) is 0 Å². The molecule has 0 aliphatic rings. The van der Waals surface area contributed by atoms with Crippen molar-refractivity contribution in [3.05, 3.63) is 57.1 Å². The first-order valence-electron chi connectivity index (χ1n) is 6.96. The van der Waals surface area contributed by atoms with E-state index in [0.29, 0.717) is 0 Å². The molecule has 10 heteroatoms. The second-order valence-electron chi connectivity index (χ2n) is 5.16. The standard InChI is InChI=1S/C15H14ClN3O5S/c1-9-7-15(11(16)8-14(9)19(21)22)25(23,24)18-13-6-4-3-5-12(13)17-10(2)20/h3-8,18H,1-2H3,(H,17,20). The minimum atomic E-state index is -4.12. The molecule has 2 N–H and O–H groups in total. The molecule has 8 nitrogen and oxygen atoms in total. The lowest BCUT2D eigenvalue weighted by Crippen LogP contribution is -2.16. The van der Waals surface area contributed by atoms with Gasteiger partial charge in [0.05, 0.1) is 21.3 Å². The van der Waals surface area contributed by atoms with Gasteiger partial charge in [0.2, 0.25) is 5.91 Å². The van der Waals surface area contributed by atoms with Gasteiger partial charge in [-0.2, -0.15) is 0 Å². The first kappa shape index (κ1) is 18.7. The summed E-state index contributed by atoms with van der Waals surface area (Å²) >= 11 is 5.93. The van der Waals surface area contributed by atoms with E-state index >= 15 is 0 Å². The van der Waals surface area contributed by atoms with Gasteiger partial charge >= 0.3 is 0 Å². The Morgan fingerprint density at radius 2 is 1.80 bits per heavy atom. The highest BCUT2D eigenvalue weighted by molar-refractivity contribution is 7.92. The molecule has 0 heterocycles. The molecule has 0 radical (unpaired) electrons. The zero-order valence-electron chi connectivity index (χ0n) is 13.2. The topological polar surface area (TPSA) is 118 Å². The number of sulfonamides is 1. The van der Waals surface area contributed by atoms with Crippen molar-refractivity contribution in [3.63, 3.8) is 0 Å². The molecule has 1 amide bonds. The molecule has 0 unspecified atom stereocenters. The summed E-state index contributed by atoms with van der Waals surface area (Å²) in [5.74, 6) is -0.365. The van der Waals surface area contributed by atoms with Gasteiger partial charge in [0.1, 0.15) is 4.90 Å². The number of carbonyl (C=O) groups is 1. The van der Waals surface area contributed by atoms with Gasteiger partial charge in [-0.1, -0.05) is 23.7 Å². The third kappa shape index (κ3) is 4.25. The summed E-state index contributed by atoms with van der Waals surface area (Å²) in [5.41, 5.74) is 0.297. The Morgan fingerprint density at radius 3 is 2.36 bits per heavy atom.